The van der Waals surface area contributed by atoms with Crippen molar-refractivity contribution in [3.63, 3.8) is 0 Å². The lowest BCUT2D eigenvalue weighted by Crippen LogP contribution is -2.14. The number of anilines is 1. The molecule has 0 amide bonds. The topological polar surface area (TPSA) is 89.2 Å². The molecular weight excluding hydrogens is 410 g/mol. The summed E-state index contributed by atoms with van der Waals surface area (Å²) in [6, 6.07) is 13.8. The van der Waals surface area contributed by atoms with Crippen LogP contribution in [0.3, 0.4) is 0 Å². The number of benzene rings is 2. The molecule has 148 valence electrons. The Morgan fingerprint density at radius 1 is 0.931 bits per heavy atom. The molecular formula is C20H18ClN5O2S. The van der Waals surface area contributed by atoms with Crippen molar-refractivity contribution in [2.45, 2.75) is 25.7 Å². The van der Waals surface area contributed by atoms with Crippen LogP contribution >= 0.6 is 11.6 Å². The van der Waals surface area contributed by atoms with Crippen molar-refractivity contribution >= 4 is 33.0 Å². The Bertz CT molecular complexity index is 1350. The third-order valence-corrected chi connectivity index (χ3v) is 6.55. The Kier molecular flexibility index (Phi) is 4.76. The van der Waals surface area contributed by atoms with E-state index in [1.165, 1.54) is 0 Å². The molecule has 0 bridgehead atoms. The van der Waals surface area contributed by atoms with E-state index in [0.29, 0.717) is 39.0 Å². The number of aromatic nitrogens is 4. The molecule has 0 unspecified atom stereocenters. The first-order valence-corrected chi connectivity index (χ1v) is 10.7. The van der Waals surface area contributed by atoms with Crippen molar-refractivity contribution in [2.75, 3.05) is 4.72 Å². The summed E-state index contributed by atoms with van der Waals surface area (Å²) in [5.74, 6) is 0.653. The third-order valence-electron chi connectivity index (χ3n) is 4.62. The number of halogens is 1. The van der Waals surface area contributed by atoms with Gasteiger partial charge in [0.05, 0.1) is 16.3 Å². The number of nitrogens with one attached hydrogen (secondary N) is 1. The van der Waals surface area contributed by atoms with E-state index in [9.17, 15) is 8.42 Å². The molecule has 1 N–H and O–H groups in total. The van der Waals surface area contributed by atoms with Gasteiger partial charge in [-0.15, -0.1) is 10.2 Å². The van der Waals surface area contributed by atoms with Crippen LogP contribution in [0.1, 0.15) is 17.0 Å². The zero-order valence-electron chi connectivity index (χ0n) is 16.0. The van der Waals surface area contributed by atoms with E-state index in [1.54, 1.807) is 60.8 Å². The van der Waals surface area contributed by atoms with Gasteiger partial charge in [-0.1, -0.05) is 29.8 Å². The van der Waals surface area contributed by atoms with Gasteiger partial charge in [0.15, 0.2) is 11.5 Å². The number of nitrogens with zero attached hydrogens (tertiary/aromatic N) is 4. The Labute approximate surface area is 173 Å². The second-order valence-electron chi connectivity index (χ2n) is 6.79. The maximum atomic E-state index is 13.0. The van der Waals surface area contributed by atoms with Gasteiger partial charge in [0.2, 0.25) is 0 Å². The largest absolute Gasteiger partial charge is 0.280 e. The van der Waals surface area contributed by atoms with E-state index < -0.39 is 10.0 Å². The summed E-state index contributed by atoms with van der Waals surface area (Å²) >= 11 is 6.12. The standard InChI is InChI=1S/C20H18ClN5O2S/c1-12-5-7-16(11-17(12)21)25-29(27,28)19-10-15(6-4-13(19)2)18-8-9-20-23-22-14(3)26(20)24-18/h4-11,25H,1-3H3. The van der Waals surface area contributed by atoms with Gasteiger partial charge < -0.3 is 0 Å². The second kappa shape index (κ2) is 7.13. The van der Waals surface area contributed by atoms with Gasteiger partial charge >= 0.3 is 0 Å². The van der Waals surface area contributed by atoms with Gasteiger partial charge in [0, 0.05) is 10.6 Å². The van der Waals surface area contributed by atoms with Crippen LogP contribution in [0.2, 0.25) is 5.02 Å². The van der Waals surface area contributed by atoms with Crippen LogP contribution in [0.15, 0.2) is 53.4 Å². The first-order valence-electron chi connectivity index (χ1n) is 8.84. The smallest absolute Gasteiger partial charge is 0.262 e. The quantitative estimate of drug-likeness (QED) is 0.528. The highest BCUT2D eigenvalue weighted by Gasteiger charge is 2.19. The van der Waals surface area contributed by atoms with Crippen LogP contribution in [0.5, 0.6) is 0 Å². The molecule has 9 heteroatoms. The number of fused-ring (bicyclic) bond motifs is 1. The van der Waals surface area contributed by atoms with Crippen LogP contribution in [0, 0.1) is 20.8 Å². The second-order valence-corrected chi connectivity index (χ2v) is 8.84. The zero-order chi connectivity index (χ0) is 20.8. The number of sulfonamides is 1. The molecule has 0 fully saturated rings. The van der Waals surface area contributed by atoms with Gasteiger partial charge in [-0.3, -0.25) is 4.72 Å². The molecule has 0 aliphatic heterocycles. The average Bonchev–Trinajstić information content (AvgIpc) is 3.05. The fraction of sp³-hybridized carbons (Fsp3) is 0.150. The molecule has 4 aromatic rings. The number of hydrogen-bond acceptors (Lipinski definition) is 5. The molecule has 0 spiro atoms. The maximum Gasteiger partial charge on any atom is 0.262 e. The summed E-state index contributed by atoms with van der Waals surface area (Å²) in [6.45, 7) is 5.41. The van der Waals surface area contributed by atoms with Crippen molar-refractivity contribution in [3.8, 4) is 11.3 Å². The summed E-state index contributed by atoms with van der Waals surface area (Å²) in [5.41, 5.74) is 3.83. The third kappa shape index (κ3) is 3.68. The minimum absolute atomic E-state index is 0.175. The van der Waals surface area contributed by atoms with Crippen molar-refractivity contribution in [1.82, 2.24) is 19.8 Å². The van der Waals surface area contributed by atoms with E-state index in [4.69, 9.17) is 11.6 Å². The molecule has 7 nitrogen and oxygen atoms in total. The van der Waals surface area contributed by atoms with E-state index >= 15 is 0 Å². The molecule has 0 saturated heterocycles. The molecule has 2 aromatic carbocycles. The predicted octanol–water partition coefficient (Wildman–Crippen LogP) is 4.17. The van der Waals surface area contributed by atoms with Gasteiger partial charge in [0.1, 0.15) is 0 Å². The summed E-state index contributed by atoms with van der Waals surface area (Å²) < 4.78 is 30.3. The molecule has 2 heterocycles. The van der Waals surface area contributed by atoms with E-state index in [2.05, 4.69) is 20.0 Å². The summed E-state index contributed by atoms with van der Waals surface area (Å²) in [6.07, 6.45) is 0. The van der Waals surface area contributed by atoms with Crippen LogP contribution in [0.4, 0.5) is 5.69 Å². The van der Waals surface area contributed by atoms with E-state index in [0.717, 1.165) is 5.56 Å². The highest BCUT2D eigenvalue weighted by Crippen LogP contribution is 2.27. The fourth-order valence-electron chi connectivity index (χ4n) is 2.97. The minimum Gasteiger partial charge on any atom is -0.280 e. The number of rotatable bonds is 4. The van der Waals surface area contributed by atoms with Crippen molar-refractivity contribution in [3.05, 3.63) is 70.5 Å². The monoisotopic (exact) mass is 427 g/mol. The molecule has 0 atom stereocenters. The predicted molar refractivity (Wildman–Crippen MR) is 113 cm³/mol. The van der Waals surface area contributed by atoms with Crippen LogP contribution in [-0.2, 0) is 10.0 Å². The summed E-state index contributed by atoms with van der Waals surface area (Å²) in [7, 11) is -3.81. The number of hydrogen-bond donors (Lipinski definition) is 1. The highest BCUT2D eigenvalue weighted by atomic mass is 35.5. The summed E-state index contributed by atoms with van der Waals surface area (Å²) in [4.78, 5) is 0.175. The lowest BCUT2D eigenvalue weighted by atomic mass is 10.1. The lowest BCUT2D eigenvalue weighted by Gasteiger charge is -2.13. The maximum absolute atomic E-state index is 13.0. The van der Waals surface area contributed by atoms with E-state index in [-0.39, 0.29) is 4.90 Å². The summed E-state index contributed by atoms with van der Waals surface area (Å²) in [5, 5.41) is 13.0. The molecule has 0 radical (unpaired) electrons. The fourth-order valence-corrected chi connectivity index (χ4v) is 4.47. The zero-order valence-corrected chi connectivity index (χ0v) is 17.6. The van der Waals surface area contributed by atoms with Gasteiger partial charge in [-0.25, -0.2) is 8.42 Å². The minimum atomic E-state index is -3.81. The Morgan fingerprint density at radius 3 is 2.45 bits per heavy atom. The van der Waals surface area contributed by atoms with Crippen LogP contribution in [-0.4, -0.2) is 28.2 Å². The molecule has 0 aliphatic rings. The number of aryl methyl sites for hydroxylation is 3. The molecule has 0 aliphatic carbocycles. The van der Waals surface area contributed by atoms with Gasteiger partial charge in [-0.2, -0.15) is 9.61 Å². The highest BCUT2D eigenvalue weighted by molar-refractivity contribution is 7.92. The van der Waals surface area contributed by atoms with Crippen molar-refractivity contribution < 1.29 is 8.42 Å². The van der Waals surface area contributed by atoms with Crippen LogP contribution < -0.4 is 4.72 Å². The molecule has 4 rings (SSSR count). The normalized spacial score (nSPS) is 11.7. The SMILES string of the molecule is Cc1ccc(NS(=O)(=O)c2cc(-c3ccc4nnc(C)n4n3)ccc2C)cc1Cl. The van der Waals surface area contributed by atoms with Gasteiger partial charge in [-0.05, 0) is 62.2 Å². The van der Waals surface area contributed by atoms with Gasteiger partial charge in [0.25, 0.3) is 10.0 Å². The molecule has 29 heavy (non-hydrogen) atoms. The Balaban J connectivity index is 1.75. The lowest BCUT2D eigenvalue weighted by molar-refractivity contribution is 0.600. The Hall–Kier alpha value is -2.97. The first-order chi connectivity index (χ1) is 13.7. The van der Waals surface area contributed by atoms with Crippen molar-refractivity contribution in [1.29, 1.82) is 0 Å². The first kappa shape index (κ1) is 19.4. The molecule has 2 aromatic heterocycles. The average molecular weight is 428 g/mol. The Morgan fingerprint density at radius 2 is 1.69 bits per heavy atom. The molecule has 0 saturated carbocycles. The van der Waals surface area contributed by atoms with Crippen molar-refractivity contribution in [2.24, 2.45) is 0 Å². The van der Waals surface area contributed by atoms with Crippen LogP contribution in [0.25, 0.3) is 16.9 Å². The van der Waals surface area contributed by atoms with E-state index in [1.807, 2.05) is 13.0 Å².